The molecule has 0 saturated heterocycles. The van der Waals surface area contributed by atoms with Gasteiger partial charge in [-0.3, -0.25) is 10.1 Å². The van der Waals surface area contributed by atoms with E-state index >= 15 is 0 Å². The maximum atomic E-state index is 12.2. The summed E-state index contributed by atoms with van der Waals surface area (Å²) in [6.45, 7) is 2.86. The number of rotatable bonds is 6. The first-order valence-corrected chi connectivity index (χ1v) is 9.92. The molecule has 0 spiro atoms. The van der Waals surface area contributed by atoms with Crippen LogP contribution in [0.1, 0.15) is 23.0 Å². The molecule has 2 N–H and O–H groups in total. The van der Waals surface area contributed by atoms with E-state index in [0.717, 1.165) is 27.3 Å². The maximum absolute atomic E-state index is 12.2. The Morgan fingerprint density at radius 1 is 1.07 bits per heavy atom. The third-order valence-electron chi connectivity index (χ3n) is 3.87. The number of ether oxygens (including phenoxy) is 1. The SMILES string of the molecule is CCOc1ccc(C(=O)NC(=S)NCc2ccc(-c3ccc(Br)cc3)o2)cc1. The molecular weight excluding hydrogens is 440 g/mol. The minimum atomic E-state index is -0.282. The van der Waals surface area contributed by atoms with Crippen LogP contribution in [0.25, 0.3) is 11.3 Å². The summed E-state index contributed by atoms with van der Waals surface area (Å²) in [5.41, 5.74) is 1.49. The van der Waals surface area contributed by atoms with Gasteiger partial charge in [-0.1, -0.05) is 28.1 Å². The Morgan fingerprint density at radius 3 is 2.46 bits per heavy atom. The van der Waals surface area contributed by atoms with Gasteiger partial charge in [0.05, 0.1) is 13.2 Å². The smallest absolute Gasteiger partial charge is 0.257 e. The van der Waals surface area contributed by atoms with Gasteiger partial charge in [0.25, 0.3) is 5.91 Å². The van der Waals surface area contributed by atoms with Crippen LogP contribution in [0, 0.1) is 0 Å². The molecular formula is C21H19BrN2O3S. The highest BCUT2D eigenvalue weighted by Crippen LogP contribution is 2.23. The second-order valence-electron chi connectivity index (χ2n) is 5.87. The lowest BCUT2D eigenvalue weighted by atomic mass is 10.2. The van der Waals surface area contributed by atoms with Gasteiger partial charge in [0, 0.05) is 15.6 Å². The lowest BCUT2D eigenvalue weighted by Gasteiger charge is -2.09. The zero-order valence-corrected chi connectivity index (χ0v) is 17.6. The van der Waals surface area contributed by atoms with E-state index in [1.54, 1.807) is 24.3 Å². The Hall–Kier alpha value is -2.64. The predicted molar refractivity (Wildman–Crippen MR) is 116 cm³/mol. The zero-order chi connectivity index (χ0) is 19.9. The Morgan fingerprint density at radius 2 is 1.79 bits per heavy atom. The lowest BCUT2D eigenvalue weighted by Crippen LogP contribution is -2.38. The third-order valence-corrected chi connectivity index (χ3v) is 4.64. The van der Waals surface area contributed by atoms with Gasteiger partial charge in [-0.2, -0.15) is 0 Å². The van der Waals surface area contributed by atoms with Crippen molar-refractivity contribution >= 4 is 39.2 Å². The fourth-order valence-electron chi connectivity index (χ4n) is 2.50. The van der Waals surface area contributed by atoms with Crippen LogP contribution in [0.15, 0.2) is 69.6 Å². The molecule has 0 unspecified atom stereocenters. The molecule has 1 amide bonds. The molecule has 144 valence electrons. The average Bonchev–Trinajstić information content (AvgIpc) is 3.17. The van der Waals surface area contributed by atoms with Crippen LogP contribution in [-0.2, 0) is 6.54 Å². The normalized spacial score (nSPS) is 10.4. The fraction of sp³-hybridized carbons (Fsp3) is 0.143. The number of carbonyl (C=O) groups excluding carboxylic acids is 1. The first kappa shape index (κ1) is 20.1. The first-order chi connectivity index (χ1) is 13.5. The topological polar surface area (TPSA) is 63.5 Å². The van der Waals surface area contributed by atoms with E-state index in [0.29, 0.717) is 18.7 Å². The van der Waals surface area contributed by atoms with Gasteiger partial charge in [-0.25, -0.2) is 0 Å². The molecule has 0 bridgehead atoms. The molecule has 3 aromatic rings. The summed E-state index contributed by atoms with van der Waals surface area (Å²) in [4.78, 5) is 12.2. The van der Waals surface area contributed by atoms with Crippen molar-refractivity contribution in [1.29, 1.82) is 0 Å². The van der Waals surface area contributed by atoms with E-state index in [-0.39, 0.29) is 11.0 Å². The third kappa shape index (κ3) is 5.43. The van der Waals surface area contributed by atoms with Gasteiger partial charge >= 0.3 is 0 Å². The number of thiocarbonyl (C=S) groups is 1. The van der Waals surface area contributed by atoms with E-state index < -0.39 is 0 Å². The van der Waals surface area contributed by atoms with Crippen LogP contribution in [0.5, 0.6) is 5.75 Å². The van der Waals surface area contributed by atoms with Crippen molar-refractivity contribution in [1.82, 2.24) is 10.6 Å². The second kappa shape index (κ2) is 9.52. The molecule has 3 rings (SSSR count). The van der Waals surface area contributed by atoms with Crippen LogP contribution in [0.2, 0.25) is 0 Å². The number of hydrogen-bond acceptors (Lipinski definition) is 4. The molecule has 0 atom stereocenters. The summed E-state index contributed by atoms with van der Waals surface area (Å²) in [5.74, 6) is 1.93. The monoisotopic (exact) mass is 458 g/mol. The number of nitrogens with one attached hydrogen (secondary N) is 2. The molecule has 0 saturated carbocycles. The molecule has 0 radical (unpaired) electrons. The summed E-state index contributed by atoms with van der Waals surface area (Å²) < 4.78 is 12.2. The summed E-state index contributed by atoms with van der Waals surface area (Å²) in [5, 5.41) is 5.87. The molecule has 1 aromatic heterocycles. The molecule has 0 aliphatic heterocycles. The minimum absolute atomic E-state index is 0.237. The Kier molecular flexibility index (Phi) is 6.84. The number of hydrogen-bond donors (Lipinski definition) is 2. The Labute approximate surface area is 177 Å². The standard InChI is InChI=1S/C21H19BrN2O3S/c1-2-26-17-9-5-15(6-10-17)20(25)24-21(28)23-13-18-11-12-19(27-18)14-3-7-16(22)8-4-14/h3-12H,2,13H2,1H3,(H2,23,24,25,28). The van der Waals surface area contributed by atoms with Gasteiger partial charge in [-0.15, -0.1) is 0 Å². The molecule has 7 heteroatoms. The highest BCUT2D eigenvalue weighted by atomic mass is 79.9. The second-order valence-corrected chi connectivity index (χ2v) is 7.19. The summed E-state index contributed by atoms with van der Waals surface area (Å²) in [6.07, 6.45) is 0. The first-order valence-electron chi connectivity index (χ1n) is 8.72. The average molecular weight is 459 g/mol. The summed E-state index contributed by atoms with van der Waals surface area (Å²) >= 11 is 8.61. The van der Waals surface area contributed by atoms with Gasteiger partial charge in [0.15, 0.2) is 5.11 Å². The van der Waals surface area contributed by atoms with Crippen molar-refractivity contribution in [2.45, 2.75) is 13.5 Å². The van der Waals surface area contributed by atoms with E-state index in [9.17, 15) is 4.79 Å². The largest absolute Gasteiger partial charge is 0.494 e. The number of halogens is 1. The molecule has 0 fully saturated rings. The fourth-order valence-corrected chi connectivity index (χ4v) is 2.93. The van der Waals surface area contributed by atoms with Gasteiger partial charge in [0.2, 0.25) is 0 Å². The quantitative estimate of drug-likeness (QED) is 0.513. The number of furan rings is 1. The van der Waals surface area contributed by atoms with Crippen LogP contribution in [0.3, 0.4) is 0 Å². The molecule has 28 heavy (non-hydrogen) atoms. The van der Waals surface area contributed by atoms with Crippen molar-refractivity contribution in [3.05, 3.63) is 76.5 Å². The van der Waals surface area contributed by atoms with E-state index in [4.69, 9.17) is 21.4 Å². The predicted octanol–water partition coefficient (Wildman–Crippen LogP) is 4.91. The van der Waals surface area contributed by atoms with Crippen molar-refractivity contribution in [3.63, 3.8) is 0 Å². The van der Waals surface area contributed by atoms with Gasteiger partial charge < -0.3 is 14.5 Å². The van der Waals surface area contributed by atoms with E-state index in [2.05, 4.69) is 26.6 Å². The van der Waals surface area contributed by atoms with Crippen LogP contribution < -0.4 is 15.4 Å². The Balaban J connectivity index is 1.51. The minimum Gasteiger partial charge on any atom is -0.494 e. The van der Waals surface area contributed by atoms with Crippen molar-refractivity contribution in [2.24, 2.45) is 0 Å². The Bertz CT molecular complexity index is 953. The molecule has 1 heterocycles. The van der Waals surface area contributed by atoms with Crippen molar-refractivity contribution < 1.29 is 13.9 Å². The van der Waals surface area contributed by atoms with Crippen LogP contribution >= 0.6 is 28.1 Å². The number of benzene rings is 2. The number of amides is 1. The van der Waals surface area contributed by atoms with Gasteiger partial charge in [-0.05, 0) is 67.7 Å². The number of carbonyl (C=O) groups is 1. The summed E-state index contributed by atoms with van der Waals surface area (Å²) in [7, 11) is 0. The summed E-state index contributed by atoms with van der Waals surface area (Å²) in [6, 6.07) is 18.5. The maximum Gasteiger partial charge on any atom is 0.257 e. The molecule has 2 aromatic carbocycles. The van der Waals surface area contributed by atoms with Crippen molar-refractivity contribution in [2.75, 3.05) is 6.61 Å². The van der Waals surface area contributed by atoms with E-state index in [1.807, 2.05) is 43.3 Å². The van der Waals surface area contributed by atoms with E-state index in [1.165, 1.54) is 0 Å². The van der Waals surface area contributed by atoms with Gasteiger partial charge in [0.1, 0.15) is 17.3 Å². The van der Waals surface area contributed by atoms with Crippen LogP contribution in [0.4, 0.5) is 0 Å². The molecule has 0 aliphatic rings. The highest BCUT2D eigenvalue weighted by molar-refractivity contribution is 9.10. The molecule has 0 aliphatic carbocycles. The van der Waals surface area contributed by atoms with Crippen molar-refractivity contribution in [3.8, 4) is 17.1 Å². The highest BCUT2D eigenvalue weighted by Gasteiger charge is 2.09. The lowest BCUT2D eigenvalue weighted by molar-refractivity contribution is 0.0976. The molecule has 5 nitrogen and oxygen atoms in total. The zero-order valence-electron chi connectivity index (χ0n) is 15.2. The van der Waals surface area contributed by atoms with Crippen LogP contribution in [-0.4, -0.2) is 17.6 Å².